The summed E-state index contributed by atoms with van der Waals surface area (Å²) in [6.07, 6.45) is 0.617. The van der Waals surface area contributed by atoms with Crippen LogP contribution in [0.15, 0.2) is 64.5 Å². The highest BCUT2D eigenvalue weighted by atomic mass is 32.2. The summed E-state index contributed by atoms with van der Waals surface area (Å²) < 4.78 is 23.7. The number of pyridine rings is 1. The van der Waals surface area contributed by atoms with Gasteiger partial charge in [-0.05, 0) is 36.8 Å². The van der Waals surface area contributed by atoms with Crippen LogP contribution >= 0.6 is 23.1 Å². The van der Waals surface area contributed by atoms with Crippen LogP contribution in [0.5, 0.6) is 0 Å². The lowest BCUT2D eigenvalue weighted by molar-refractivity contribution is -0.115. The first kappa shape index (κ1) is 20.7. The molecule has 2 aromatic heterocycles. The number of para-hydroxylation sites is 1. The van der Waals surface area contributed by atoms with Gasteiger partial charge in [0.1, 0.15) is 0 Å². The van der Waals surface area contributed by atoms with E-state index in [1.807, 2.05) is 43.3 Å². The van der Waals surface area contributed by atoms with Crippen molar-refractivity contribution in [3.8, 4) is 0 Å². The van der Waals surface area contributed by atoms with E-state index in [9.17, 15) is 13.2 Å². The van der Waals surface area contributed by atoms with Crippen molar-refractivity contribution in [1.29, 1.82) is 0 Å². The van der Waals surface area contributed by atoms with Gasteiger partial charge in [-0.2, -0.15) is 0 Å². The maximum Gasteiger partial charge on any atom is 0.239 e. The largest absolute Gasteiger partial charge is 0.301 e. The number of aromatic nitrogens is 2. The van der Waals surface area contributed by atoms with E-state index in [1.54, 1.807) is 6.07 Å². The number of nitrogens with one attached hydrogen (secondary N) is 1. The molecule has 1 amide bonds. The predicted molar refractivity (Wildman–Crippen MR) is 121 cm³/mol. The maximum atomic E-state index is 12.8. The average molecular weight is 459 g/mol. The zero-order valence-electron chi connectivity index (χ0n) is 15.9. The monoisotopic (exact) mass is 458 g/mol. The Bertz CT molecular complexity index is 1350. The molecule has 0 spiro atoms. The van der Waals surface area contributed by atoms with Gasteiger partial charge in [0.25, 0.3) is 0 Å². The van der Waals surface area contributed by atoms with Gasteiger partial charge in [-0.1, -0.05) is 54.3 Å². The highest BCUT2D eigenvalue weighted by Crippen LogP contribution is 2.30. The van der Waals surface area contributed by atoms with Crippen LogP contribution < -0.4 is 10.5 Å². The van der Waals surface area contributed by atoms with E-state index in [0.29, 0.717) is 21.8 Å². The maximum absolute atomic E-state index is 12.8. The number of benzene rings is 2. The van der Waals surface area contributed by atoms with Gasteiger partial charge >= 0.3 is 0 Å². The van der Waals surface area contributed by atoms with Gasteiger partial charge in [-0.3, -0.25) is 4.79 Å². The second-order valence-electron chi connectivity index (χ2n) is 6.54. The van der Waals surface area contributed by atoms with Crippen molar-refractivity contribution in [2.24, 2.45) is 5.14 Å². The smallest absolute Gasteiger partial charge is 0.239 e. The lowest BCUT2D eigenvalue weighted by atomic mass is 10.2. The Balaban J connectivity index is 1.52. The topological polar surface area (TPSA) is 115 Å². The number of carbonyl (C=O) groups is 1. The Morgan fingerprint density at radius 2 is 1.93 bits per heavy atom. The van der Waals surface area contributed by atoms with E-state index in [-0.39, 0.29) is 16.1 Å². The van der Waals surface area contributed by atoms with Gasteiger partial charge in [0.15, 0.2) is 5.13 Å². The van der Waals surface area contributed by atoms with Crippen molar-refractivity contribution in [2.75, 3.05) is 5.32 Å². The van der Waals surface area contributed by atoms with Crippen LogP contribution in [0, 0.1) is 0 Å². The predicted octanol–water partition coefficient (Wildman–Crippen LogP) is 4.00. The molecule has 4 aromatic rings. The van der Waals surface area contributed by atoms with Crippen molar-refractivity contribution in [3.05, 3.63) is 54.6 Å². The minimum atomic E-state index is -3.79. The normalized spacial score (nSPS) is 12.9. The van der Waals surface area contributed by atoms with Gasteiger partial charge in [-0.15, -0.1) is 0 Å². The summed E-state index contributed by atoms with van der Waals surface area (Å²) in [4.78, 5) is 21.8. The van der Waals surface area contributed by atoms with Crippen LogP contribution in [0.25, 0.3) is 21.1 Å². The fraction of sp³-hybridized carbons (Fsp3) is 0.150. The molecule has 0 aliphatic rings. The number of rotatable bonds is 6. The number of amides is 1. The molecule has 1 unspecified atom stereocenters. The lowest BCUT2D eigenvalue weighted by Gasteiger charge is -2.13. The molecule has 0 fully saturated rings. The standard InChI is InChI=1S/C20H18N4O3S3/c1-2-16(28-18-10-7-12-5-3-4-6-14(12)22-18)19(25)24-20-23-15-9-8-13(30(21,26)27)11-17(15)29-20/h3-11,16H,2H2,1H3,(H2,21,26,27)(H,23,24,25). The molecular weight excluding hydrogens is 440 g/mol. The van der Waals surface area contributed by atoms with E-state index in [1.165, 1.54) is 35.2 Å². The number of hydrogen-bond donors (Lipinski definition) is 2. The summed E-state index contributed by atoms with van der Waals surface area (Å²) in [7, 11) is -3.79. The first-order valence-corrected chi connectivity index (χ1v) is 12.3. The number of thioether (sulfide) groups is 1. The van der Waals surface area contributed by atoms with Crippen LogP contribution in [0.1, 0.15) is 13.3 Å². The molecule has 0 bridgehead atoms. The minimum absolute atomic E-state index is 0.0147. The number of nitrogens with zero attached hydrogens (tertiary/aromatic N) is 2. The van der Waals surface area contributed by atoms with E-state index in [0.717, 1.165) is 15.9 Å². The van der Waals surface area contributed by atoms with E-state index < -0.39 is 10.0 Å². The van der Waals surface area contributed by atoms with E-state index in [4.69, 9.17) is 5.14 Å². The van der Waals surface area contributed by atoms with Crippen LogP contribution in [0.2, 0.25) is 0 Å². The molecule has 30 heavy (non-hydrogen) atoms. The Morgan fingerprint density at radius 1 is 1.13 bits per heavy atom. The van der Waals surface area contributed by atoms with Crippen molar-refractivity contribution >= 4 is 65.3 Å². The Hall–Kier alpha value is -2.53. The van der Waals surface area contributed by atoms with E-state index >= 15 is 0 Å². The molecule has 4 rings (SSSR count). The van der Waals surface area contributed by atoms with Gasteiger partial charge in [0.2, 0.25) is 15.9 Å². The summed E-state index contributed by atoms with van der Waals surface area (Å²) in [5.41, 5.74) is 1.48. The summed E-state index contributed by atoms with van der Waals surface area (Å²) in [5, 5.41) is 9.91. The molecular formula is C20H18N4O3S3. The van der Waals surface area contributed by atoms with Crippen LogP contribution in [0.4, 0.5) is 5.13 Å². The fourth-order valence-electron chi connectivity index (χ4n) is 2.90. The van der Waals surface area contributed by atoms with Crippen molar-refractivity contribution in [3.63, 3.8) is 0 Å². The number of fused-ring (bicyclic) bond motifs is 2. The zero-order chi connectivity index (χ0) is 21.3. The first-order valence-electron chi connectivity index (χ1n) is 9.10. The zero-order valence-corrected chi connectivity index (χ0v) is 18.4. The molecule has 0 saturated heterocycles. The summed E-state index contributed by atoms with van der Waals surface area (Å²) in [6.45, 7) is 1.94. The number of thiazole rings is 1. The lowest BCUT2D eigenvalue weighted by Crippen LogP contribution is -2.24. The summed E-state index contributed by atoms with van der Waals surface area (Å²) >= 11 is 2.61. The van der Waals surface area contributed by atoms with Gasteiger partial charge in [0.05, 0.1) is 30.9 Å². The molecule has 0 aliphatic heterocycles. The molecule has 154 valence electrons. The SMILES string of the molecule is CCC(Sc1ccc2ccccc2n1)C(=O)Nc1nc2ccc(S(N)(=O)=O)cc2s1. The van der Waals surface area contributed by atoms with Gasteiger partial charge in [-0.25, -0.2) is 23.5 Å². The van der Waals surface area contributed by atoms with Crippen LogP contribution in [-0.2, 0) is 14.8 Å². The van der Waals surface area contributed by atoms with Gasteiger partial charge < -0.3 is 5.32 Å². The molecule has 7 nitrogen and oxygen atoms in total. The number of hydrogen-bond acceptors (Lipinski definition) is 7. The highest BCUT2D eigenvalue weighted by Gasteiger charge is 2.20. The number of carbonyl (C=O) groups excluding carboxylic acids is 1. The minimum Gasteiger partial charge on any atom is -0.301 e. The molecule has 2 aromatic carbocycles. The summed E-state index contributed by atoms with van der Waals surface area (Å²) in [5.74, 6) is -0.178. The van der Waals surface area contributed by atoms with Crippen LogP contribution in [0.3, 0.4) is 0 Å². The Kier molecular flexibility index (Phi) is 5.74. The molecule has 0 aliphatic carbocycles. The quantitative estimate of drug-likeness (QED) is 0.422. The average Bonchev–Trinajstić information content (AvgIpc) is 3.12. The molecule has 0 saturated carbocycles. The first-order chi connectivity index (χ1) is 14.3. The highest BCUT2D eigenvalue weighted by molar-refractivity contribution is 8.00. The molecule has 2 heterocycles. The van der Waals surface area contributed by atoms with Crippen molar-refractivity contribution in [2.45, 2.75) is 28.5 Å². The third kappa shape index (κ3) is 4.46. The van der Waals surface area contributed by atoms with Crippen LogP contribution in [-0.4, -0.2) is 29.5 Å². The fourth-order valence-corrected chi connectivity index (χ4v) is 5.35. The second kappa shape index (κ2) is 8.31. The molecule has 3 N–H and O–H groups in total. The van der Waals surface area contributed by atoms with Crippen molar-refractivity contribution < 1.29 is 13.2 Å². The number of sulfonamides is 1. The number of primary sulfonamides is 1. The molecule has 0 radical (unpaired) electrons. The third-order valence-electron chi connectivity index (χ3n) is 4.42. The number of anilines is 1. The summed E-state index contributed by atoms with van der Waals surface area (Å²) in [6, 6.07) is 16.2. The third-order valence-corrected chi connectivity index (χ3v) is 7.56. The van der Waals surface area contributed by atoms with E-state index in [2.05, 4.69) is 15.3 Å². The number of nitrogens with two attached hydrogens (primary N) is 1. The second-order valence-corrected chi connectivity index (χ2v) is 10.4. The van der Waals surface area contributed by atoms with Crippen molar-refractivity contribution in [1.82, 2.24) is 9.97 Å². The molecule has 10 heteroatoms. The molecule has 1 atom stereocenters. The van der Waals surface area contributed by atoms with Gasteiger partial charge in [0, 0.05) is 5.39 Å². The Morgan fingerprint density at radius 3 is 2.70 bits per heavy atom. The Labute approximate surface area is 181 Å².